The fourth-order valence-electron chi connectivity index (χ4n) is 2.56. The van der Waals surface area contributed by atoms with E-state index in [1.807, 2.05) is 18.2 Å². The number of amides is 1. The fourth-order valence-corrected chi connectivity index (χ4v) is 2.78. The van der Waals surface area contributed by atoms with Crippen molar-refractivity contribution in [1.29, 1.82) is 0 Å². The summed E-state index contributed by atoms with van der Waals surface area (Å²) in [5, 5.41) is 13.6. The minimum atomic E-state index is -0.877. The highest BCUT2D eigenvalue weighted by Crippen LogP contribution is 2.40. The molecule has 1 amide bonds. The van der Waals surface area contributed by atoms with Gasteiger partial charge in [-0.25, -0.2) is 9.67 Å². The van der Waals surface area contributed by atoms with E-state index in [-0.39, 0.29) is 18.2 Å². The molecule has 0 aliphatic heterocycles. The summed E-state index contributed by atoms with van der Waals surface area (Å²) in [4.78, 5) is 29.0. The minimum Gasteiger partial charge on any atom is -0.481 e. The molecule has 1 N–H and O–H groups in total. The van der Waals surface area contributed by atoms with E-state index in [0.717, 1.165) is 18.7 Å². The highest BCUT2D eigenvalue weighted by atomic mass is 35.5. The zero-order valence-electron chi connectivity index (χ0n) is 13.9. The molecule has 1 aliphatic rings. The van der Waals surface area contributed by atoms with Crippen LogP contribution in [0.3, 0.4) is 0 Å². The lowest BCUT2D eigenvalue weighted by Crippen LogP contribution is -2.29. The normalized spacial score (nSPS) is 13.7. The number of carboxylic acids is 1. The summed E-state index contributed by atoms with van der Waals surface area (Å²) in [6, 6.07) is 7.31. The van der Waals surface area contributed by atoms with Crippen LogP contribution in [-0.2, 0) is 4.79 Å². The van der Waals surface area contributed by atoms with Gasteiger partial charge in [-0.3, -0.25) is 9.59 Å². The first-order valence-corrected chi connectivity index (χ1v) is 8.54. The maximum atomic E-state index is 12.6. The van der Waals surface area contributed by atoms with Gasteiger partial charge >= 0.3 is 5.97 Å². The van der Waals surface area contributed by atoms with Crippen LogP contribution in [0.15, 0.2) is 24.3 Å². The Balaban J connectivity index is 1.83. The Hall–Kier alpha value is -2.41. The van der Waals surface area contributed by atoms with Gasteiger partial charge in [-0.15, -0.1) is 5.10 Å². The molecule has 0 bridgehead atoms. The summed E-state index contributed by atoms with van der Waals surface area (Å²) in [6.45, 7) is 0.338. The molecule has 25 heavy (non-hydrogen) atoms. The number of rotatable bonds is 7. The molecule has 0 spiro atoms. The number of aliphatic carboxylic acids is 1. The van der Waals surface area contributed by atoms with Crippen LogP contribution >= 0.6 is 11.6 Å². The number of carboxylic acid groups (broad SMARTS) is 1. The van der Waals surface area contributed by atoms with Crippen LogP contribution in [0.4, 0.5) is 0 Å². The third kappa shape index (κ3) is 3.99. The van der Waals surface area contributed by atoms with Crippen LogP contribution < -0.4 is 0 Å². The molecule has 0 atom stereocenters. The summed E-state index contributed by atoms with van der Waals surface area (Å²) < 4.78 is 1.65. The van der Waals surface area contributed by atoms with Crippen LogP contribution in [-0.4, -0.2) is 50.2 Å². The third-order valence-electron chi connectivity index (χ3n) is 4.08. The summed E-state index contributed by atoms with van der Waals surface area (Å²) in [5.41, 5.74) is 0.700. The molecule has 0 radical (unpaired) electrons. The molecule has 2 aromatic rings. The van der Waals surface area contributed by atoms with Gasteiger partial charge in [0.2, 0.25) is 5.82 Å². The number of aromatic nitrogens is 3. The first kappa shape index (κ1) is 17.4. The molecule has 0 unspecified atom stereocenters. The molecule has 1 saturated carbocycles. The SMILES string of the molecule is CN(CCCC(=O)O)C(=O)c1nc(C2CC2)n(-c2ccccc2Cl)n1. The second kappa shape index (κ2) is 7.23. The first-order chi connectivity index (χ1) is 12.0. The van der Waals surface area contributed by atoms with Crippen molar-refractivity contribution in [3.8, 4) is 5.69 Å². The van der Waals surface area contributed by atoms with E-state index < -0.39 is 5.97 Å². The monoisotopic (exact) mass is 362 g/mol. The summed E-state index contributed by atoms with van der Waals surface area (Å²) in [7, 11) is 1.62. The van der Waals surface area contributed by atoms with Crippen molar-refractivity contribution in [1.82, 2.24) is 19.7 Å². The number of para-hydroxylation sites is 1. The van der Waals surface area contributed by atoms with Gasteiger partial charge < -0.3 is 10.0 Å². The maximum absolute atomic E-state index is 12.6. The van der Waals surface area contributed by atoms with Crippen molar-refractivity contribution >= 4 is 23.5 Å². The number of halogens is 1. The van der Waals surface area contributed by atoms with Crippen LogP contribution in [0.2, 0.25) is 5.02 Å². The first-order valence-electron chi connectivity index (χ1n) is 8.16. The lowest BCUT2D eigenvalue weighted by Gasteiger charge is -2.14. The predicted molar refractivity (Wildman–Crippen MR) is 92.2 cm³/mol. The zero-order valence-corrected chi connectivity index (χ0v) is 14.6. The molecule has 1 fully saturated rings. The summed E-state index contributed by atoms with van der Waals surface area (Å²) >= 11 is 6.27. The molecule has 1 aromatic heterocycles. The summed E-state index contributed by atoms with van der Waals surface area (Å²) in [5.74, 6) is -0.0475. The van der Waals surface area contributed by atoms with Gasteiger partial charge in [-0.05, 0) is 31.4 Å². The van der Waals surface area contributed by atoms with E-state index in [2.05, 4.69) is 10.1 Å². The average Bonchev–Trinajstić information content (AvgIpc) is 3.33. The van der Waals surface area contributed by atoms with Crippen molar-refractivity contribution in [2.45, 2.75) is 31.6 Å². The van der Waals surface area contributed by atoms with Crippen LogP contribution in [0.5, 0.6) is 0 Å². The molecule has 1 aromatic carbocycles. The number of nitrogens with zero attached hydrogens (tertiary/aromatic N) is 4. The number of carbonyl (C=O) groups is 2. The van der Waals surface area contributed by atoms with Crippen molar-refractivity contribution in [2.24, 2.45) is 0 Å². The van der Waals surface area contributed by atoms with E-state index in [4.69, 9.17) is 16.7 Å². The molecule has 132 valence electrons. The Morgan fingerprint density at radius 2 is 2.08 bits per heavy atom. The van der Waals surface area contributed by atoms with Gasteiger partial charge in [0.1, 0.15) is 5.82 Å². The molecule has 0 saturated heterocycles. The quantitative estimate of drug-likeness (QED) is 0.818. The third-order valence-corrected chi connectivity index (χ3v) is 4.40. The van der Waals surface area contributed by atoms with E-state index in [1.165, 1.54) is 4.90 Å². The maximum Gasteiger partial charge on any atom is 0.303 e. The smallest absolute Gasteiger partial charge is 0.303 e. The number of hydrogen-bond acceptors (Lipinski definition) is 4. The molecule has 3 rings (SSSR count). The van der Waals surface area contributed by atoms with Gasteiger partial charge in [-0.2, -0.15) is 0 Å². The van der Waals surface area contributed by atoms with Crippen molar-refractivity contribution in [2.75, 3.05) is 13.6 Å². The Labute approximate surface area is 150 Å². The molecular weight excluding hydrogens is 344 g/mol. The van der Waals surface area contributed by atoms with Crippen molar-refractivity contribution in [3.63, 3.8) is 0 Å². The molecule has 1 aliphatic carbocycles. The standard InChI is InChI=1S/C17H19ClN4O3/c1-21(10-4-7-14(23)24)17(25)15-19-16(11-8-9-11)22(20-15)13-6-3-2-5-12(13)18/h2-3,5-6,11H,4,7-10H2,1H3,(H,23,24). The van der Waals surface area contributed by atoms with Gasteiger partial charge in [0, 0.05) is 25.9 Å². The molecule has 1 heterocycles. The van der Waals surface area contributed by atoms with Gasteiger partial charge in [0.25, 0.3) is 5.91 Å². The number of benzene rings is 1. The highest BCUT2D eigenvalue weighted by Gasteiger charge is 2.32. The predicted octanol–water partition coefficient (Wildman–Crippen LogP) is 2.73. The second-order valence-electron chi connectivity index (χ2n) is 6.16. The Morgan fingerprint density at radius 3 is 2.72 bits per heavy atom. The number of hydrogen-bond donors (Lipinski definition) is 1. The van der Waals surface area contributed by atoms with Crippen molar-refractivity contribution < 1.29 is 14.7 Å². The fraction of sp³-hybridized carbons (Fsp3) is 0.412. The molecule has 7 nitrogen and oxygen atoms in total. The lowest BCUT2D eigenvalue weighted by atomic mass is 10.3. The van der Waals surface area contributed by atoms with E-state index in [1.54, 1.807) is 17.8 Å². The van der Waals surface area contributed by atoms with Gasteiger partial charge in [-0.1, -0.05) is 23.7 Å². The van der Waals surface area contributed by atoms with Crippen LogP contribution in [0, 0.1) is 0 Å². The zero-order chi connectivity index (χ0) is 18.0. The number of carbonyl (C=O) groups excluding carboxylic acids is 1. The van der Waals surface area contributed by atoms with E-state index in [9.17, 15) is 9.59 Å². The second-order valence-corrected chi connectivity index (χ2v) is 6.56. The van der Waals surface area contributed by atoms with Gasteiger partial charge in [0.15, 0.2) is 0 Å². The van der Waals surface area contributed by atoms with E-state index >= 15 is 0 Å². The van der Waals surface area contributed by atoms with Crippen LogP contribution in [0.1, 0.15) is 48.0 Å². The average molecular weight is 363 g/mol. The van der Waals surface area contributed by atoms with E-state index in [0.29, 0.717) is 29.6 Å². The molecule has 8 heteroatoms. The highest BCUT2D eigenvalue weighted by molar-refractivity contribution is 6.32. The lowest BCUT2D eigenvalue weighted by molar-refractivity contribution is -0.137. The Morgan fingerprint density at radius 1 is 1.36 bits per heavy atom. The van der Waals surface area contributed by atoms with Crippen molar-refractivity contribution in [3.05, 3.63) is 40.9 Å². The largest absolute Gasteiger partial charge is 0.481 e. The minimum absolute atomic E-state index is 0.0203. The molecular formula is C17H19ClN4O3. The van der Waals surface area contributed by atoms with Crippen LogP contribution in [0.25, 0.3) is 5.69 Å². The Kier molecular flexibility index (Phi) is 5.03. The van der Waals surface area contributed by atoms with Gasteiger partial charge in [0.05, 0.1) is 10.7 Å². The summed E-state index contributed by atoms with van der Waals surface area (Å²) in [6.07, 6.45) is 2.45. The Bertz CT molecular complexity index is 801. The topological polar surface area (TPSA) is 88.3 Å².